The number of carbonyl (C=O) groups is 3. The molecule has 0 saturated carbocycles. The quantitative estimate of drug-likeness (QED) is 0.240. The van der Waals surface area contributed by atoms with Crippen LogP contribution in [0, 0.1) is 12.8 Å². The van der Waals surface area contributed by atoms with Gasteiger partial charge in [-0.25, -0.2) is 0 Å². The minimum Gasteiger partial charge on any atom is -0.453 e. The van der Waals surface area contributed by atoms with Gasteiger partial charge in [0.05, 0.1) is 6.04 Å². The molecule has 3 heterocycles. The number of Topliss-reactive ketones (excluding diaryl/α,β-unsaturated/α-hetero) is 2. The molecule has 0 N–H and O–H groups in total. The van der Waals surface area contributed by atoms with Gasteiger partial charge in [-0.2, -0.15) is 0 Å². The van der Waals surface area contributed by atoms with E-state index < -0.39 is 29.4 Å². The van der Waals surface area contributed by atoms with Crippen molar-refractivity contribution in [3.8, 4) is 0 Å². The van der Waals surface area contributed by atoms with Gasteiger partial charge >= 0.3 is 0 Å². The lowest BCUT2D eigenvalue weighted by atomic mass is 9.88. The molecule has 2 unspecified atom stereocenters. The number of rotatable bonds is 4. The van der Waals surface area contributed by atoms with Crippen molar-refractivity contribution in [3.63, 3.8) is 0 Å². The van der Waals surface area contributed by atoms with Gasteiger partial charge in [0.15, 0.2) is 11.6 Å². The third kappa shape index (κ3) is 3.19. The number of fused-ring (bicyclic) bond motifs is 1. The van der Waals surface area contributed by atoms with Crippen molar-refractivity contribution < 1.29 is 23.3 Å². The molecule has 4 aromatic rings. The fourth-order valence-electron chi connectivity index (χ4n) is 3.90. The molecule has 2 atom stereocenters. The first kappa shape index (κ1) is 19.4. The molecule has 0 bridgehead atoms. The van der Waals surface area contributed by atoms with E-state index in [9.17, 15) is 14.4 Å². The van der Waals surface area contributed by atoms with Gasteiger partial charge < -0.3 is 8.94 Å². The van der Waals surface area contributed by atoms with Crippen LogP contribution >= 0.6 is 15.9 Å². The van der Waals surface area contributed by atoms with Gasteiger partial charge in [-0.3, -0.25) is 19.3 Å². The van der Waals surface area contributed by atoms with Crippen LogP contribution in [0.25, 0.3) is 11.0 Å². The van der Waals surface area contributed by atoms with Crippen molar-refractivity contribution in [1.82, 2.24) is 5.16 Å². The van der Waals surface area contributed by atoms with E-state index in [4.69, 9.17) is 8.94 Å². The van der Waals surface area contributed by atoms with E-state index in [1.807, 2.05) is 12.1 Å². The number of para-hydroxylation sites is 1. The summed E-state index contributed by atoms with van der Waals surface area (Å²) in [6.07, 6.45) is 0. The molecule has 2 aromatic heterocycles. The van der Waals surface area contributed by atoms with E-state index in [0.717, 1.165) is 9.86 Å². The largest absolute Gasteiger partial charge is 0.453 e. The van der Waals surface area contributed by atoms with E-state index in [0.29, 0.717) is 16.9 Å². The summed E-state index contributed by atoms with van der Waals surface area (Å²) >= 11 is 3.38. The maximum atomic E-state index is 13.5. The first-order valence-corrected chi connectivity index (χ1v) is 10.3. The number of halogens is 1. The Morgan fingerprint density at radius 3 is 2.48 bits per heavy atom. The van der Waals surface area contributed by atoms with Gasteiger partial charge in [0.25, 0.3) is 5.91 Å². The number of amides is 1. The summed E-state index contributed by atoms with van der Waals surface area (Å²) in [5.74, 6) is -2.74. The standard InChI is InChI=1S/C23H15BrN2O5/c1-12-10-18(25-31-12)26-20(13-6-8-15(24)9-7-13)19(22(28)23(26)29)21(27)17-11-14-4-2-3-5-16(14)30-17/h2-11,19-20H,1H3. The second kappa shape index (κ2) is 7.31. The summed E-state index contributed by atoms with van der Waals surface area (Å²) in [6.45, 7) is 1.69. The molecule has 0 aliphatic carbocycles. The molecule has 31 heavy (non-hydrogen) atoms. The average molecular weight is 479 g/mol. The zero-order chi connectivity index (χ0) is 21.7. The van der Waals surface area contributed by atoms with Crippen molar-refractivity contribution in [2.75, 3.05) is 4.90 Å². The predicted octanol–water partition coefficient (Wildman–Crippen LogP) is 4.65. The Kier molecular flexibility index (Phi) is 4.59. The number of aryl methyl sites for hydroxylation is 1. The average Bonchev–Trinajstić information content (AvgIpc) is 3.45. The monoisotopic (exact) mass is 478 g/mol. The van der Waals surface area contributed by atoms with Gasteiger partial charge in [0.1, 0.15) is 17.3 Å². The Hall–Kier alpha value is -3.52. The summed E-state index contributed by atoms with van der Waals surface area (Å²) in [5.41, 5.74) is 1.16. The molecule has 154 valence electrons. The molecular weight excluding hydrogens is 464 g/mol. The lowest BCUT2D eigenvalue weighted by molar-refractivity contribution is -0.135. The van der Waals surface area contributed by atoms with Crippen molar-refractivity contribution in [2.45, 2.75) is 13.0 Å². The fourth-order valence-corrected chi connectivity index (χ4v) is 4.17. The summed E-state index contributed by atoms with van der Waals surface area (Å²) < 4.78 is 11.6. The van der Waals surface area contributed by atoms with Crippen LogP contribution in [0.4, 0.5) is 5.82 Å². The van der Waals surface area contributed by atoms with Gasteiger partial charge in [0.2, 0.25) is 11.6 Å². The number of furan rings is 1. The second-order valence-corrected chi connectivity index (χ2v) is 8.24. The number of anilines is 1. The summed E-state index contributed by atoms with van der Waals surface area (Å²) in [7, 11) is 0. The Morgan fingerprint density at radius 2 is 1.81 bits per heavy atom. The number of aromatic nitrogens is 1. The van der Waals surface area contributed by atoms with Gasteiger partial charge in [-0.05, 0) is 36.8 Å². The van der Waals surface area contributed by atoms with Crippen LogP contribution in [0.1, 0.15) is 27.9 Å². The van der Waals surface area contributed by atoms with Crippen LogP contribution < -0.4 is 4.90 Å². The summed E-state index contributed by atoms with van der Waals surface area (Å²) in [5, 5.41) is 4.65. The van der Waals surface area contributed by atoms with Crippen LogP contribution in [0.5, 0.6) is 0 Å². The highest BCUT2D eigenvalue weighted by molar-refractivity contribution is 9.10. The third-order valence-corrected chi connectivity index (χ3v) is 5.86. The Morgan fingerprint density at radius 1 is 1.06 bits per heavy atom. The van der Waals surface area contributed by atoms with E-state index in [1.54, 1.807) is 55.5 Å². The molecule has 0 radical (unpaired) electrons. The van der Waals surface area contributed by atoms with E-state index in [-0.39, 0.29) is 11.6 Å². The van der Waals surface area contributed by atoms with Gasteiger partial charge in [-0.1, -0.05) is 51.4 Å². The Bertz CT molecular complexity index is 1300. The molecular formula is C23H15BrN2O5. The van der Waals surface area contributed by atoms with Crippen molar-refractivity contribution in [1.29, 1.82) is 0 Å². The highest BCUT2D eigenvalue weighted by Gasteiger charge is 2.53. The minimum atomic E-state index is -1.27. The second-order valence-electron chi connectivity index (χ2n) is 7.32. The smallest absolute Gasteiger partial charge is 0.297 e. The third-order valence-electron chi connectivity index (χ3n) is 5.33. The van der Waals surface area contributed by atoms with Crippen LogP contribution in [-0.4, -0.2) is 22.6 Å². The van der Waals surface area contributed by atoms with Crippen LogP contribution in [-0.2, 0) is 9.59 Å². The fraction of sp³-hybridized carbons (Fsp3) is 0.130. The maximum Gasteiger partial charge on any atom is 0.297 e. The molecule has 5 rings (SSSR count). The zero-order valence-corrected chi connectivity index (χ0v) is 17.8. The lowest BCUT2D eigenvalue weighted by Crippen LogP contribution is -2.30. The van der Waals surface area contributed by atoms with Gasteiger partial charge in [0, 0.05) is 15.9 Å². The molecule has 2 aromatic carbocycles. The number of hydrogen-bond donors (Lipinski definition) is 0. The van der Waals surface area contributed by atoms with Crippen molar-refractivity contribution >= 4 is 50.2 Å². The molecule has 7 nitrogen and oxygen atoms in total. The number of nitrogens with zero attached hydrogens (tertiary/aromatic N) is 2. The SMILES string of the molecule is Cc1cc(N2C(=O)C(=O)C(C(=O)c3cc4ccccc4o3)C2c2ccc(Br)cc2)no1. The summed E-state index contributed by atoms with van der Waals surface area (Å²) in [4.78, 5) is 40.7. The van der Waals surface area contributed by atoms with Gasteiger partial charge in [-0.15, -0.1) is 0 Å². The first-order valence-electron chi connectivity index (χ1n) is 9.53. The van der Waals surface area contributed by atoms with E-state index in [1.165, 1.54) is 4.90 Å². The number of ketones is 2. The maximum absolute atomic E-state index is 13.5. The highest BCUT2D eigenvalue weighted by Crippen LogP contribution is 2.41. The van der Waals surface area contributed by atoms with Crippen LogP contribution in [0.2, 0.25) is 0 Å². The molecule has 1 aliphatic heterocycles. The molecule has 0 spiro atoms. The zero-order valence-electron chi connectivity index (χ0n) is 16.2. The van der Waals surface area contributed by atoms with E-state index >= 15 is 0 Å². The van der Waals surface area contributed by atoms with Crippen molar-refractivity contribution in [3.05, 3.63) is 82.2 Å². The molecule has 1 aliphatic rings. The molecule has 8 heteroatoms. The highest BCUT2D eigenvalue weighted by atomic mass is 79.9. The molecule has 1 amide bonds. The Balaban J connectivity index is 1.64. The van der Waals surface area contributed by atoms with Crippen LogP contribution in [0.15, 0.2) is 74.1 Å². The normalized spacial score (nSPS) is 18.8. The lowest BCUT2D eigenvalue weighted by Gasteiger charge is -2.24. The van der Waals surface area contributed by atoms with Crippen LogP contribution in [0.3, 0.4) is 0 Å². The number of carbonyl (C=O) groups excluding carboxylic acids is 3. The minimum absolute atomic E-state index is 0.0349. The first-order chi connectivity index (χ1) is 14.9. The number of benzene rings is 2. The summed E-state index contributed by atoms with van der Waals surface area (Å²) in [6, 6.07) is 16.6. The predicted molar refractivity (Wildman–Crippen MR) is 115 cm³/mol. The number of hydrogen-bond acceptors (Lipinski definition) is 6. The van der Waals surface area contributed by atoms with E-state index in [2.05, 4.69) is 21.1 Å². The Labute approximate surface area is 184 Å². The topological polar surface area (TPSA) is 93.6 Å². The molecule has 1 fully saturated rings. The van der Waals surface area contributed by atoms with Crippen molar-refractivity contribution in [2.24, 2.45) is 5.92 Å². The molecule has 1 saturated heterocycles.